The number of carbonyl (C=O) groups excluding carboxylic acids is 4. The maximum Gasteiger partial charge on any atom is 0.414 e. The third kappa shape index (κ3) is 4.77. The van der Waals surface area contributed by atoms with Gasteiger partial charge in [-0.05, 0) is 18.2 Å². The van der Waals surface area contributed by atoms with Crippen molar-refractivity contribution in [1.82, 2.24) is 15.4 Å². The van der Waals surface area contributed by atoms with Crippen molar-refractivity contribution < 1.29 is 32.8 Å². The molecule has 2 aliphatic heterocycles. The molecule has 4 rings (SSSR count). The highest BCUT2D eigenvalue weighted by molar-refractivity contribution is 5.96. The quantitative estimate of drug-likeness (QED) is 0.608. The molecule has 0 saturated carbocycles. The number of primary amides is 1. The topological polar surface area (TPSA) is 151 Å². The summed E-state index contributed by atoms with van der Waals surface area (Å²) in [4.78, 5) is 51.5. The fraction of sp³-hybridized carbons (Fsp3) is 0.381. The minimum absolute atomic E-state index is 0.0907. The fourth-order valence-electron chi connectivity index (χ4n) is 3.81. The molecule has 0 bridgehead atoms. The molecule has 0 unspecified atom stereocenters. The van der Waals surface area contributed by atoms with Crippen LogP contribution >= 0.6 is 0 Å². The van der Waals surface area contributed by atoms with Crippen LogP contribution in [0.4, 0.5) is 20.6 Å². The largest absolute Gasteiger partial charge is 0.442 e. The fourth-order valence-corrected chi connectivity index (χ4v) is 3.81. The molecular weight excluding hydrogens is 451 g/mol. The van der Waals surface area contributed by atoms with Crippen LogP contribution in [0.5, 0.6) is 0 Å². The second-order valence-electron chi connectivity index (χ2n) is 7.91. The van der Waals surface area contributed by atoms with Crippen LogP contribution in [-0.2, 0) is 9.53 Å². The van der Waals surface area contributed by atoms with Gasteiger partial charge in [0, 0.05) is 39.2 Å². The lowest BCUT2D eigenvalue weighted by Crippen LogP contribution is -2.49. The van der Waals surface area contributed by atoms with Crippen LogP contribution in [-0.4, -0.2) is 79.2 Å². The Labute approximate surface area is 193 Å². The van der Waals surface area contributed by atoms with Gasteiger partial charge in [0.1, 0.15) is 11.9 Å². The van der Waals surface area contributed by atoms with Crippen molar-refractivity contribution in [2.45, 2.75) is 13.0 Å². The van der Waals surface area contributed by atoms with E-state index in [1.807, 2.05) is 0 Å². The normalized spacial score (nSPS) is 18.1. The summed E-state index contributed by atoms with van der Waals surface area (Å²) in [7, 11) is 0. The van der Waals surface area contributed by atoms with E-state index >= 15 is 0 Å². The van der Waals surface area contributed by atoms with Gasteiger partial charge in [0.25, 0.3) is 11.8 Å². The number of hydrogen-bond donors (Lipinski definition) is 2. The number of nitrogens with one attached hydrogen (secondary N) is 1. The second kappa shape index (κ2) is 9.37. The highest BCUT2D eigenvalue weighted by Crippen LogP contribution is 2.28. The first kappa shape index (κ1) is 23.0. The van der Waals surface area contributed by atoms with Crippen molar-refractivity contribution >= 4 is 35.2 Å². The average Bonchev–Trinajstić information content (AvgIpc) is 3.44. The molecule has 0 spiro atoms. The van der Waals surface area contributed by atoms with Gasteiger partial charge in [0.15, 0.2) is 5.69 Å². The second-order valence-corrected chi connectivity index (χ2v) is 7.91. The number of nitrogens with zero attached hydrogens (tertiary/aromatic N) is 4. The maximum atomic E-state index is 14.9. The molecule has 2 saturated heterocycles. The highest BCUT2D eigenvalue weighted by Gasteiger charge is 2.33. The molecule has 13 heteroatoms. The smallest absolute Gasteiger partial charge is 0.414 e. The van der Waals surface area contributed by atoms with Crippen LogP contribution in [0.1, 0.15) is 28.0 Å². The van der Waals surface area contributed by atoms with Gasteiger partial charge in [-0.2, -0.15) is 0 Å². The van der Waals surface area contributed by atoms with Gasteiger partial charge in [0.2, 0.25) is 11.7 Å². The lowest BCUT2D eigenvalue weighted by Gasteiger charge is -2.35. The summed E-state index contributed by atoms with van der Waals surface area (Å²) in [6.45, 7) is 3.07. The summed E-state index contributed by atoms with van der Waals surface area (Å²) < 4.78 is 25.1. The Kier molecular flexibility index (Phi) is 6.34. The molecule has 1 aromatic carbocycles. The van der Waals surface area contributed by atoms with Gasteiger partial charge in [-0.25, -0.2) is 9.18 Å². The van der Waals surface area contributed by atoms with E-state index in [0.29, 0.717) is 37.6 Å². The van der Waals surface area contributed by atoms with E-state index in [4.69, 9.17) is 15.0 Å². The number of benzene rings is 1. The van der Waals surface area contributed by atoms with Crippen LogP contribution in [0.25, 0.3) is 0 Å². The third-order valence-electron chi connectivity index (χ3n) is 5.58. The Morgan fingerprint density at radius 2 is 1.94 bits per heavy atom. The first-order valence-corrected chi connectivity index (χ1v) is 10.6. The molecule has 2 fully saturated rings. The average molecular weight is 474 g/mol. The van der Waals surface area contributed by atoms with Gasteiger partial charge in [-0.15, -0.1) is 0 Å². The van der Waals surface area contributed by atoms with Crippen molar-refractivity contribution in [2.75, 3.05) is 49.1 Å². The molecular formula is C21H23FN6O6. The zero-order chi connectivity index (χ0) is 24.4. The van der Waals surface area contributed by atoms with Crippen LogP contribution in [0.3, 0.4) is 0 Å². The van der Waals surface area contributed by atoms with Crippen LogP contribution < -0.4 is 20.9 Å². The Bertz CT molecular complexity index is 1130. The Hall–Kier alpha value is -4.16. The summed E-state index contributed by atoms with van der Waals surface area (Å²) in [6.07, 6.45) is -1.13. The summed E-state index contributed by atoms with van der Waals surface area (Å²) in [5, 5.41) is 6.05. The molecule has 3 heterocycles. The number of hydrogen-bond acceptors (Lipinski definition) is 8. The van der Waals surface area contributed by atoms with E-state index in [2.05, 4.69) is 10.5 Å². The number of nitrogens with two attached hydrogens (primary N) is 1. The number of piperazine rings is 1. The molecule has 0 aliphatic carbocycles. The number of cyclic esters (lactones) is 1. The van der Waals surface area contributed by atoms with E-state index in [0.717, 1.165) is 0 Å². The van der Waals surface area contributed by atoms with Crippen molar-refractivity contribution in [3.63, 3.8) is 0 Å². The molecule has 2 aromatic rings. The van der Waals surface area contributed by atoms with Gasteiger partial charge >= 0.3 is 6.09 Å². The highest BCUT2D eigenvalue weighted by atomic mass is 19.1. The van der Waals surface area contributed by atoms with E-state index < -0.39 is 29.8 Å². The van der Waals surface area contributed by atoms with Crippen molar-refractivity contribution in [2.24, 2.45) is 5.73 Å². The SMILES string of the molecule is CC(=O)NC[C@H]1CN(c2ccc(N3CCN(C(=O)c4cc(C(N)=O)no4)CC3)c(F)c2)C(=O)O1. The zero-order valence-electron chi connectivity index (χ0n) is 18.3. The van der Waals surface area contributed by atoms with Crippen molar-refractivity contribution in [3.05, 3.63) is 41.5 Å². The Balaban J connectivity index is 1.36. The zero-order valence-corrected chi connectivity index (χ0v) is 18.3. The number of halogens is 1. The molecule has 34 heavy (non-hydrogen) atoms. The third-order valence-corrected chi connectivity index (χ3v) is 5.58. The number of ether oxygens (including phenoxy) is 1. The van der Waals surface area contributed by atoms with Crippen molar-refractivity contribution in [1.29, 1.82) is 0 Å². The van der Waals surface area contributed by atoms with E-state index in [1.165, 1.54) is 28.9 Å². The number of aromatic nitrogens is 1. The van der Waals surface area contributed by atoms with Gasteiger partial charge < -0.3 is 30.1 Å². The predicted molar refractivity (Wildman–Crippen MR) is 116 cm³/mol. The maximum absolute atomic E-state index is 14.9. The van der Waals surface area contributed by atoms with E-state index in [-0.39, 0.29) is 30.5 Å². The van der Waals surface area contributed by atoms with E-state index in [1.54, 1.807) is 17.0 Å². The minimum Gasteiger partial charge on any atom is -0.442 e. The van der Waals surface area contributed by atoms with Crippen LogP contribution in [0.15, 0.2) is 28.8 Å². The summed E-state index contributed by atoms with van der Waals surface area (Å²) in [6, 6.07) is 5.65. The number of rotatable bonds is 6. The molecule has 0 radical (unpaired) electrons. The molecule has 1 aromatic heterocycles. The number of amides is 4. The predicted octanol–water partition coefficient (Wildman–Crippen LogP) is 0.336. The van der Waals surface area contributed by atoms with Gasteiger partial charge in [-0.1, -0.05) is 5.16 Å². The monoisotopic (exact) mass is 474 g/mol. The summed E-state index contributed by atoms with van der Waals surface area (Å²) in [5.41, 5.74) is 5.68. The summed E-state index contributed by atoms with van der Waals surface area (Å²) >= 11 is 0. The van der Waals surface area contributed by atoms with Crippen LogP contribution in [0, 0.1) is 5.82 Å². The van der Waals surface area contributed by atoms with Gasteiger partial charge in [-0.3, -0.25) is 19.3 Å². The molecule has 180 valence electrons. The number of carbonyl (C=O) groups is 4. The Morgan fingerprint density at radius 3 is 2.56 bits per heavy atom. The first-order chi connectivity index (χ1) is 16.2. The lowest BCUT2D eigenvalue weighted by molar-refractivity contribution is -0.119. The standard InChI is InChI=1S/C21H23FN6O6/c1-12(29)24-10-14-11-28(21(32)33-14)13-2-3-17(15(22)8-13)26-4-6-27(7-5-26)20(31)18-9-16(19(23)30)25-34-18/h2-3,8-9,14H,4-7,10-11H2,1H3,(H2,23,30)(H,24,29)/t14-/m0/s1. The van der Waals surface area contributed by atoms with Gasteiger partial charge in [0.05, 0.1) is 24.5 Å². The molecule has 12 nitrogen and oxygen atoms in total. The molecule has 1 atom stereocenters. The molecule has 4 amide bonds. The Morgan fingerprint density at radius 1 is 1.21 bits per heavy atom. The van der Waals surface area contributed by atoms with Crippen molar-refractivity contribution in [3.8, 4) is 0 Å². The van der Waals surface area contributed by atoms with E-state index in [9.17, 15) is 23.6 Å². The minimum atomic E-state index is -0.794. The number of anilines is 2. The lowest BCUT2D eigenvalue weighted by atomic mass is 10.2. The van der Waals surface area contributed by atoms with Crippen LogP contribution in [0.2, 0.25) is 0 Å². The molecule has 2 aliphatic rings. The first-order valence-electron chi connectivity index (χ1n) is 10.6. The summed E-state index contributed by atoms with van der Waals surface area (Å²) in [5.74, 6) is -2.07. The molecule has 3 N–H and O–H groups in total.